The van der Waals surface area contributed by atoms with Crippen LogP contribution in [0.3, 0.4) is 0 Å². The van der Waals surface area contributed by atoms with Crippen LogP contribution < -0.4 is 10.6 Å². The first-order valence-corrected chi connectivity index (χ1v) is 11.9. The molecule has 2 aliphatic rings. The van der Waals surface area contributed by atoms with Gasteiger partial charge in [-0.15, -0.1) is 0 Å². The average molecular weight is 465 g/mol. The molecular weight excluding hydrogens is 432 g/mol. The van der Waals surface area contributed by atoms with E-state index in [1.165, 1.54) is 0 Å². The molecule has 2 aromatic rings. The molecule has 7 heteroatoms. The smallest absolute Gasteiger partial charge is 0.407 e. The Hall–Kier alpha value is -3.35. The summed E-state index contributed by atoms with van der Waals surface area (Å²) in [7, 11) is 0. The number of fused-ring (bicyclic) bond motifs is 3. The summed E-state index contributed by atoms with van der Waals surface area (Å²) in [4.78, 5) is 36.8. The van der Waals surface area contributed by atoms with Crippen LogP contribution in [0.1, 0.15) is 63.0 Å². The number of ether oxygens (including phenoxy) is 1. The second-order valence-corrected chi connectivity index (χ2v) is 9.79. The van der Waals surface area contributed by atoms with E-state index in [0.29, 0.717) is 5.92 Å². The molecule has 7 nitrogen and oxygen atoms in total. The number of carbonyl (C=O) groups excluding carboxylic acids is 2. The van der Waals surface area contributed by atoms with Gasteiger partial charge in [-0.1, -0.05) is 55.0 Å². The highest BCUT2D eigenvalue weighted by Gasteiger charge is 2.37. The number of carboxylic acid groups (broad SMARTS) is 1. The Morgan fingerprint density at radius 1 is 1.03 bits per heavy atom. The van der Waals surface area contributed by atoms with Gasteiger partial charge >= 0.3 is 12.1 Å². The molecule has 2 amide bonds. The van der Waals surface area contributed by atoms with Crippen molar-refractivity contribution in [1.82, 2.24) is 10.6 Å². The lowest BCUT2D eigenvalue weighted by Crippen LogP contribution is -2.57. The van der Waals surface area contributed by atoms with Crippen molar-refractivity contribution < 1.29 is 24.2 Å². The van der Waals surface area contributed by atoms with E-state index < -0.39 is 23.6 Å². The van der Waals surface area contributed by atoms with Gasteiger partial charge < -0.3 is 20.5 Å². The third-order valence-corrected chi connectivity index (χ3v) is 7.17. The summed E-state index contributed by atoms with van der Waals surface area (Å²) < 4.78 is 5.56. The van der Waals surface area contributed by atoms with Crippen LogP contribution in [0.4, 0.5) is 4.79 Å². The zero-order valence-corrected chi connectivity index (χ0v) is 19.7. The molecule has 0 saturated heterocycles. The highest BCUT2D eigenvalue weighted by atomic mass is 16.5. The van der Waals surface area contributed by atoms with Crippen molar-refractivity contribution in [2.24, 2.45) is 5.92 Å². The summed E-state index contributed by atoms with van der Waals surface area (Å²) >= 11 is 0. The number of benzene rings is 2. The van der Waals surface area contributed by atoms with Gasteiger partial charge in [0, 0.05) is 17.9 Å². The molecule has 0 bridgehead atoms. The molecule has 1 fully saturated rings. The van der Waals surface area contributed by atoms with Gasteiger partial charge in [0.15, 0.2) is 0 Å². The molecule has 0 spiro atoms. The van der Waals surface area contributed by atoms with E-state index >= 15 is 0 Å². The predicted molar refractivity (Wildman–Crippen MR) is 128 cm³/mol. The van der Waals surface area contributed by atoms with Gasteiger partial charge in [-0.25, -0.2) is 4.79 Å². The number of hydrogen-bond acceptors (Lipinski definition) is 4. The van der Waals surface area contributed by atoms with Gasteiger partial charge in [-0.3, -0.25) is 9.59 Å². The molecule has 2 aromatic carbocycles. The lowest BCUT2D eigenvalue weighted by molar-refractivity contribution is -0.137. The fourth-order valence-corrected chi connectivity index (χ4v) is 4.96. The molecule has 34 heavy (non-hydrogen) atoms. The lowest BCUT2D eigenvalue weighted by atomic mass is 9.72. The number of amides is 2. The van der Waals surface area contributed by atoms with Gasteiger partial charge in [0.2, 0.25) is 5.91 Å². The van der Waals surface area contributed by atoms with E-state index in [0.717, 1.165) is 41.5 Å². The average Bonchev–Trinajstić information content (AvgIpc) is 3.07. The number of nitrogens with one attached hydrogen (secondary N) is 2. The highest BCUT2D eigenvalue weighted by molar-refractivity contribution is 5.86. The Balaban J connectivity index is 1.41. The van der Waals surface area contributed by atoms with Crippen LogP contribution in [0.5, 0.6) is 0 Å². The first kappa shape index (κ1) is 23.8. The van der Waals surface area contributed by atoms with Crippen molar-refractivity contribution >= 4 is 18.0 Å². The molecule has 0 aliphatic heterocycles. The van der Waals surface area contributed by atoms with E-state index in [2.05, 4.69) is 22.8 Å². The molecule has 3 N–H and O–H groups in total. The van der Waals surface area contributed by atoms with Crippen molar-refractivity contribution in [3.8, 4) is 11.1 Å². The zero-order valence-electron chi connectivity index (χ0n) is 19.7. The molecular formula is C27H32N2O5. The maximum absolute atomic E-state index is 13.0. The summed E-state index contributed by atoms with van der Waals surface area (Å²) in [5.74, 6) is -1.12. The van der Waals surface area contributed by atoms with Crippen molar-refractivity contribution in [2.75, 3.05) is 6.61 Å². The largest absolute Gasteiger partial charge is 0.481 e. The van der Waals surface area contributed by atoms with Crippen LogP contribution in [0.25, 0.3) is 11.1 Å². The Bertz CT molecular complexity index is 1030. The molecule has 1 atom stereocenters. The monoisotopic (exact) mass is 464 g/mol. The summed E-state index contributed by atoms with van der Waals surface area (Å²) in [5, 5.41) is 14.7. The number of carboxylic acids is 1. The van der Waals surface area contributed by atoms with Gasteiger partial charge in [0.05, 0.1) is 0 Å². The second-order valence-electron chi connectivity index (χ2n) is 9.79. The van der Waals surface area contributed by atoms with E-state index in [1.807, 2.05) is 50.2 Å². The topological polar surface area (TPSA) is 105 Å². The minimum absolute atomic E-state index is 0.00783. The molecule has 0 heterocycles. The van der Waals surface area contributed by atoms with Gasteiger partial charge in [0.1, 0.15) is 12.6 Å². The van der Waals surface area contributed by atoms with Gasteiger partial charge in [-0.05, 0) is 61.3 Å². The van der Waals surface area contributed by atoms with Crippen molar-refractivity contribution in [3.63, 3.8) is 0 Å². The summed E-state index contributed by atoms with van der Waals surface area (Å²) in [6.45, 7) is 4.06. The maximum atomic E-state index is 13.0. The molecule has 1 unspecified atom stereocenters. The quantitative estimate of drug-likeness (QED) is 0.508. The Morgan fingerprint density at radius 2 is 1.62 bits per heavy atom. The molecule has 0 aromatic heterocycles. The Labute approximate surface area is 199 Å². The van der Waals surface area contributed by atoms with Crippen molar-refractivity contribution in [3.05, 3.63) is 59.7 Å². The van der Waals surface area contributed by atoms with Gasteiger partial charge in [0.25, 0.3) is 0 Å². The maximum Gasteiger partial charge on any atom is 0.407 e. The first-order chi connectivity index (χ1) is 16.3. The lowest BCUT2D eigenvalue weighted by Gasteiger charge is -2.41. The number of alkyl carbamates (subject to hydrolysis) is 1. The van der Waals surface area contributed by atoms with E-state index in [1.54, 1.807) is 0 Å². The van der Waals surface area contributed by atoms with Gasteiger partial charge in [-0.2, -0.15) is 0 Å². The number of aliphatic carboxylic acids is 1. The third kappa shape index (κ3) is 5.08. The van der Waals surface area contributed by atoms with Crippen LogP contribution in [-0.4, -0.2) is 41.3 Å². The Morgan fingerprint density at radius 3 is 2.15 bits per heavy atom. The fourth-order valence-electron chi connectivity index (χ4n) is 4.96. The number of carbonyl (C=O) groups is 3. The predicted octanol–water partition coefficient (Wildman–Crippen LogP) is 4.45. The van der Waals surface area contributed by atoms with Crippen LogP contribution >= 0.6 is 0 Å². The van der Waals surface area contributed by atoms with Crippen LogP contribution in [-0.2, 0) is 14.3 Å². The van der Waals surface area contributed by atoms with Crippen LogP contribution in [0.2, 0.25) is 0 Å². The van der Waals surface area contributed by atoms with E-state index in [-0.39, 0.29) is 31.3 Å². The minimum Gasteiger partial charge on any atom is -0.481 e. The minimum atomic E-state index is -1.02. The van der Waals surface area contributed by atoms with Crippen LogP contribution in [0.15, 0.2) is 48.5 Å². The molecule has 1 saturated carbocycles. The van der Waals surface area contributed by atoms with Crippen molar-refractivity contribution in [1.29, 1.82) is 0 Å². The summed E-state index contributed by atoms with van der Waals surface area (Å²) in [5.41, 5.74) is 4.03. The van der Waals surface area contributed by atoms with Crippen LogP contribution in [0, 0.1) is 5.92 Å². The van der Waals surface area contributed by atoms with E-state index in [9.17, 15) is 14.4 Å². The number of hydrogen-bond donors (Lipinski definition) is 3. The third-order valence-electron chi connectivity index (χ3n) is 7.17. The second kappa shape index (κ2) is 9.87. The first-order valence-electron chi connectivity index (χ1n) is 11.9. The standard InChI is InChI=1S/C27H32N2O5/c1-27(2,17-8-7-9-17)29-25(32)23(14-15-24(30)31)28-26(33)34-16-22-20-12-5-3-10-18(20)19-11-4-6-13-21(19)22/h3-6,10-13,17,22-23H,7-9,14-16H2,1-2H3,(H,28,33)(H,29,32)(H,30,31). The zero-order chi connectivity index (χ0) is 24.3. The summed E-state index contributed by atoms with van der Waals surface area (Å²) in [6, 6.07) is 15.1. The Kier molecular flexibility index (Phi) is 6.91. The molecule has 0 radical (unpaired) electrons. The van der Waals surface area contributed by atoms with E-state index in [4.69, 9.17) is 9.84 Å². The molecule has 180 valence electrons. The highest BCUT2D eigenvalue weighted by Crippen LogP contribution is 2.44. The summed E-state index contributed by atoms with van der Waals surface area (Å²) in [6.07, 6.45) is 2.27. The SMILES string of the molecule is CC(C)(NC(=O)C(CCC(=O)O)NC(=O)OCC1c2ccccc2-c2ccccc21)C1CCC1. The van der Waals surface area contributed by atoms with Crippen molar-refractivity contribution in [2.45, 2.75) is 63.5 Å². The fraction of sp³-hybridized carbons (Fsp3) is 0.444. The number of rotatable bonds is 9. The molecule has 4 rings (SSSR count). The molecule has 2 aliphatic carbocycles. The normalized spacial score (nSPS) is 16.1.